The van der Waals surface area contributed by atoms with E-state index in [0.29, 0.717) is 5.56 Å². The average molecular weight is 195 g/mol. The third kappa shape index (κ3) is 2.07. The highest BCUT2D eigenvalue weighted by molar-refractivity contribution is 5.44. The Balaban J connectivity index is 3.21. The second kappa shape index (κ2) is 4.17. The maximum atomic E-state index is 10.7. The molecule has 1 aromatic rings. The van der Waals surface area contributed by atoms with Gasteiger partial charge in [-0.05, 0) is 12.5 Å². The molecule has 0 saturated heterocycles. The number of nitro groups is 1. The summed E-state index contributed by atoms with van der Waals surface area (Å²) >= 11 is 0. The van der Waals surface area contributed by atoms with Gasteiger partial charge in [-0.2, -0.15) is 0 Å². The quantitative estimate of drug-likeness (QED) is 0.552. The molecule has 0 aliphatic rings. The molecule has 0 fully saturated rings. The largest absolute Gasteiger partial charge is 0.329 e. The van der Waals surface area contributed by atoms with E-state index in [-0.39, 0.29) is 12.2 Å². The molecule has 0 amide bonds. The molecule has 0 spiro atoms. The number of hydrogen-bond acceptors (Lipinski definition) is 4. The van der Waals surface area contributed by atoms with Crippen molar-refractivity contribution < 1.29 is 4.92 Å². The van der Waals surface area contributed by atoms with Crippen LogP contribution in [-0.2, 0) is 0 Å². The van der Waals surface area contributed by atoms with Crippen molar-refractivity contribution in [2.24, 2.45) is 11.5 Å². The van der Waals surface area contributed by atoms with Crippen LogP contribution in [0.4, 0.5) is 5.69 Å². The molecule has 1 atom stereocenters. The van der Waals surface area contributed by atoms with Crippen LogP contribution in [0, 0.1) is 17.0 Å². The van der Waals surface area contributed by atoms with Crippen LogP contribution in [0.1, 0.15) is 17.2 Å². The third-order valence-corrected chi connectivity index (χ3v) is 2.04. The number of nitrogens with two attached hydrogens (primary N) is 2. The van der Waals surface area contributed by atoms with Crippen LogP contribution in [0.2, 0.25) is 0 Å². The lowest BCUT2D eigenvalue weighted by Crippen LogP contribution is -2.21. The summed E-state index contributed by atoms with van der Waals surface area (Å²) in [5.41, 5.74) is 12.4. The molecular formula is C9H13N3O2. The highest BCUT2D eigenvalue weighted by Crippen LogP contribution is 2.24. The minimum absolute atomic E-state index is 0.0444. The van der Waals surface area contributed by atoms with Crippen molar-refractivity contribution in [1.29, 1.82) is 0 Å². The lowest BCUT2D eigenvalue weighted by atomic mass is 10.0. The standard InChI is InChI=1S/C9H13N3O2/c1-6-2-3-7(8(11)5-10)9(4-6)12(13)14/h2-4,8H,5,10-11H2,1H3/t8-/m1/s1. The van der Waals surface area contributed by atoms with Gasteiger partial charge in [0, 0.05) is 24.2 Å². The van der Waals surface area contributed by atoms with Crippen LogP contribution in [0.5, 0.6) is 0 Å². The molecule has 1 rings (SSSR count). The zero-order valence-electron chi connectivity index (χ0n) is 7.93. The molecule has 0 aliphatic carbocycles. The number of nitro benzene ring substituents is 1. The summed E-state index contributed by atoms with van der Waals surface area (Å²) in [5, 5.41) is 10.7. The molecule has 14 heavy (non-hydrogen) atoms. The van der Waals surface area contributed by atoms with Gasteiger partial charge in [-0.25, -0.2) is 0 Å². The van der Waals surface area contributed by atoms with Gasteiger partial charge in [-0.1, -0.05) is 12.1 Å². The molecule has 0 unspecified atom stereocenters. The van der Waals surface area contributed by atoms with Crippen molar-refractivity contribution in [3.63, 3.8) is 0 Å². The van der Waals surface area contributed by atoms with Gasteiger partial charge >= 0.3 is 0 Å². The topological polar surface area (TPSA) is 95.2 Å². The van der Waals surface area contributed by atoms with Crippen molar-refractivity contribution in [2.75, 3.05) is 6.54 Å². The van der Waals surface area contributed by atoms with E-state index in [1.54, 1.807) is 19.1 Å². The van der Waals surface area contributed by atoms with E-state index in [2.05, 4.69) is 0 Å². The first-order chi connectivity index (χ1) is 6.56. The summed E-state index contributed by atoms with van der Waals surface area (Å²) in [7, 11) is 0. The van der Waals surface area contributed by atoms with E-state index in [1.807, 2.05) is 0 Å². The van der Waals surface area contributed by atoms with Crippen molar-refractivity contribution in [1.82, 2.24) is 0 Å². The predicted molar refractivity (Wildman–Crippen MR) is 53.8 cm³/mol. The number of rotatable bonds is 3. The fourth-order valence-electron chi connectivity index (χ4n) is 1.25. The van der Waals surface area contributed by atoms with Crippen LogP contribution in [-0.4, -0.2) is 11.5 Å². The zero-order chi connectivity index (χ0) is 10.7. The van der Waals surface area contributed by atoms with Crippen molar-refractivity contribution in [3.8, 4) is 0 Å². The summed E-state index contributed by atoms with van der Waals surface area (Å²) in [4.78, 5) is 10.3. The summed E-state index contributed by atoms with van der Waals surface area (Å²) < 4.78 is 0. The fraction of sp³-hybridized carbons (Fsp3) is 0.333. The van der Waals surface area contributed by atoms with Crippen LogP contribution >= 0.6 is 0 Å². The van der Waals surface area contributed by atoms with E-state index in [1.165, 1.54) is 6.07 Å². The number of hydrogen-bond donors (Lipinski definition) is 2. The predicted octanol–water partition coefficient (Wildman–Crippen LogP) is 0.862. The van der Waals surface area contributed by atoms with Crippen molar-refractivity contribution in [3.05, 3.63) is 39.4 Å². The fourth-order valence-corrected chi connectivity index (χ4v) is 1.25. The lowest BCUT2D eigenvalue weighted by Gasteiger charge is -2.09. The van der Waals surface area contributed by atoms with E-state index < -0.39 is 11.0 Å². The molecule has 4 N–H and O–H groups in total. The molecule has 0 aromatic heterocycles. The van der Waals surface area contributed by atoms with E-state index in [0.717, 1.165) is 5.56 Å². The summed E-state index contributed by atoms with van der Waals surface area (Å²) in [6.45, 7) is 1.99. The van der Waals surface area contributed by atoms with Crippen LogP contribution in [0.25, 0.3) is 0 Å². The first-order valence-electron chi connectivity index (χ1n) is 4.27. The van der Waals surface area contributed by atoms with Gasteiger partial charge in [-0.15, -0.1) is 0 Å². The smallest absolute Gasteiger partial charge is 0.274 e. The number of aryl methyl sites for hydroxylation is 1. The van der Waals surface area contributed by atoms with Gasteiger partial charge in [0.15, 0.2) is 0 Å². The second-order valence-corrected chi connectivity index (χ2v) is 3.16. The Morgan fingerprint density at radius 2 is 2.21 bits per heavy atom. The van der Waals surface area contributed by atoms with Gasteiger partial charge in [0.05, 0.1) is 4.92 Å². The molecular weight excluding hydrogens is 182 g/mol. The first-order valence-corrected chi connectivity index (χ1v) is 4.27. The minimum Gasteiger partial charge on any atom is -0.329 e. The monoisotopic (exact) mass is 195 g/mol. The molecule has 5 nitrogen and oxygen atoms in total. The summed E-state index contributed by atoms with van der Waals surface area (Å²) in [5.74, 6) is 0. The lowest BCUT2D eigenvalue weighted by molar-refractivity contribution is -0.385. The van der Waals surface area contributed by atoms with Gasteiger partial charge in [0.25, 0.3) is 5.69 Å². The second-order valence-electron chi connectivity index (χ2n) is 3.16. The Bertz CT molecular complexity index is 352. The summed E-state index contributed by atoms with van der Waals surface area (Å²) in [6.07, 6.45) is 0. The SMILES string of the molecule is Cc1ccc([C@H](N)CN)c([N+](=O)[O-])c1. The molecule has 0 saturated carbocycles. The molecule has 1 aromatic carbocycles. The first kappa shape index (κ1) is 10.6. The van der Waals surface area contributed by atoms with Gasteiger partial charge in [-0.3, -0.25) is 10.1 Å². The van der Waals surface area contributed by atoms with Crippen molar-refractivity contribution in [2.45, 2.75) is 13.0 Å². The van der Waals surface area contributed by atoms with E-state index in [4.69, 9.17) is 11.5 Å². The highest BCUT2D eigenvalue weighted by atomic mass is 16.6. The minimum atomic E-state index is -0.476. The van der Waals surface area contributed by atoms with Gasteiger partial charge in [0.1, 0.15) is 0 Å². The Morgan fingerprint density at radius 1 is 1.57 bits per heavy atom. The van der Waals surface area contributed by atoms with Gasteiger partial charge in [0.2, 0.25) is 0 Å². The number of benzene rings is 1. The highest BCUT2D eigenvalue weighted by Gasteiger charge is 2.17. The summed E-state index contributed by atoms with van der Waals surface area (Å²) in [6, 6.07) is 4.48. The molecule has 5 heteroatoms. The third-order valence-electron chi connectivity index (χ3n) is 2.04. The zero-order valence-corrected chi connectivity index (χ0v) is 7.93. The maximum Gasteiger partial charge on any atom is 0.274 e. The van der Waals surface area contributed by atoms with E-state index >= 15 is 0 Å². The molecule has 0 radical (unpaired) electrons. The van der Waals surface area contributed by atoms with Crippen LogP contribution in [0.3, 0.4) is 0 Å². The average Bonchev–Trinajstić information content (AvgIpc) is 2.16. The van der Waals surface area contributed by atoms with Crippen LogP contribution in [0.15, 0.2) is 18.2 Å². The molecule has 0 bridgehead atoms. The van der Waals surface area contributed by atoms with Crippen LogP contribution < -0.4 is 11.5 Å². The Labute approximate surface area is 81.9 Å². The Morgan fingerprint density at radius 3 is 2.71 bits per heavy atom. The molecule has 0 aliphatic heterocycles. The van der Waals surface area contributed by atoms with Gasteiger partial charge < -0.3 is 11.5 Å². The van der Waals surface area contributed by atoms with E-state index in [9.17, 15) is 10.1 Å². The molecule has 76 valence electrons. The maximum absolute atomic E-state index is 10.7. The Hall–Kier alpha value is -1.46. The Kier molecular flexibility index (Phi) is 3.16. The number of nitrogens with zero attached hydrogens (tertiary/aromatic N) is 1. The molecule has 0 heterocycles. The normalized spacial score (nSPS) is 12.5. The van der Waals surface area contributed by atoms with Crippen molar-refractivity contribution >= 4 is 5.69 Å².